The van der Waals surface area contributed by atoms with Crippen LogP contribution in [0.3, 0.4) is 0 Å². The monoisotopic (exact) mass is 312 g/mol. The molecule has 126 valence electrons. The minimum Gasteiger partial charge on any atom is -0.310 e. The fourth-order valence-corrected chi connectivity index (χ4v) is 7.19. The van der Waals surface area contributed by atoms with Gasteiger partial charge >= 0.3 is 0 Å². The first kappa shape index (κ1) is 15.6. The van der Waals surface area contributed by atoms with Gasteiger partial charge in [-0.1, -0.05) is 32.3 Å². The first-order valence-electron chi connectivity index (χ1n) is 9.73. The highest BCUT2D eigenvalue weighted by atomic mass is 14.7. The van der Waals surface area contributed by atoms with E-state index < -0.39 is 0 Å². The summed E-state index contributed by atoms with van der Waals surface area (Å²) < 4.78 is 0. The largest absolute Gasteiger partial charge is 0.310 e. The maximum Gasteiger partial charge on any atom is 0.0350 e. The van der Waals surface area contributed by atoms with Crippen molar-refractivity contribution in [2.24, 2.45) is 34.5 Å². The van der Waals surface area contributed by atoms with Crippen LogP contribution < -0.4 is 0 Å². The van der Waals surface area contributed by atoms with E-state index in [2.05, 4.69) is 19.9 Å². The quantitative estimate of drug-likeness (QED) is 0.590. The van der Waals surface area contributed by atoms with E-state index in [1.165, 1.54) is 51.4 Å². The van der Waals surface area contributed by atoms with Crippen molar-refractivity contribution >= 4 is 11.4 Å². The van der Waals surface area contributed by atoms with E-state index in [1.807, 2.05) is 6.92 Å². The van der Waals surface area contributed by atoms with Gasteiger partial charge in [0.2, 0.25) is 0 Å². The number of nitrogens with one attached hydrogen (secondary N) is 2. The molecule has 4 aliphatic carbocycles. The van der Waals surface area contributed by atoms with Crippen molar-refractivity contribution in [3.63, 3.8) is 0 Å². The van der Waals surface area contributed by atoms with Gasteiger partial charge in [-0.15, -0.1) is 0 Å². The third-order valence-corrected chi connectivity index (χ3v) is 8.38. The zero-order valence-electron chi connectivity index (χ0n) is 15.0. The Hall–Kier alpha value is -0.920. The van der Waals surface area contributed by atoms with Crippen molar-refractivity contribution in [3.05, 3.63) is 11.6 Å². The predicted molar refractivity (Wildman–Crippen MR) is 96.3 cm³/mol. The minimum absolute atomic E-state index is 0.284. The van der Waals surface area contributed by atoms with Crippen molar-refractivity contribution < 1.29 is 0 Å². The van der Waals surface area contributed by atoms with Crippen LogP contribution in [0.2, 0.25) is 0 Å². The first-order chi connectivity index (χ1) is 10.9. The third kappa shape index (κ3) is 1.99. The molecule has 5 unspecified atom stereocenters. The molecule has 4 aliphatic rings. The molecule has 0 aromatic rings. The Kier molecular flexibility index (Phi) is 3.42. The van der Waals surface area contributed by atoms with Gasteiger partial charge in [0.15, 0.2) is 0 Å². The van der Waals surface area contributed by atoms with E-state index in [1.54, 1.807) is 5.57 Å². The van der Waals surface area contributed by atoms with Crippen LogP contribution in [0.1, 0.15) is 72.1 Å². The molecule has 0 spiro atoms. The Morgan fingerprint density at radius 3 is 2.43 bits per heavy atom. The summed E-state index contributed by atoms with van der Waals surface area (Å²) in [7, 11) is 0. The zero-order valence-corrected chi connectivity index (χ0v) is 15.0. The van der Waals surface area contributed by atoms with E-state index in [9.17, 15) is 0 Å². The van der Waals surface area contributed by atoms with Crippen LogP contribution >= 0.6 is 0 Å². The second-order valence-electron chi connectivity index (χ2n) is 9.37. The van der Waals surface area contributed by atoms with Crippen molar-refractivity contribution in [2.45, 2.75) is 72.1 Å². The molecule has 6 atom stereocenters. The Labute approximate surface area is 141 Å². The molecule has 3 saturated carbocycles. The van der Waals surface area contributed by atoms with Gasteiger partial charge in [-0.2, -0.15) is 0 Å². The van der Waals surface area contributed by atoms with Crippen LogP contribution in [-0.4, -0.2) is 11.4 Å². The molecular formula is C21H32N2. The molecule has 0 amide bonds. The van der Waals surface area contributed by atoms with E-state index in [0.29, 0.717) is 29.1 Å². The second-order valence-corrected chi connectivity index (χ2v) is 9.37. The number of hydrogen-bond acceptors (Lipinski definition) is 2. The van der Waals surface area contributed by atoms with Gasteiger partial charge in [-0.3, -0.25) is 0 Å². The second kappa shape index (κ2) is 5.04. The van der Waals surface area contributed by atoms with Crippen molar-refractivity contribution in [2.75, 3.05) is 0 Å². The maximum atomic E-state index is 8.69. The Morgan fingerprint density at radius 1 is 0.957 bits per heavy atom. The lowest BCUT2D eigenvalue weighted by Gasteiger charge is -2.56. The molecule has 0 aromatic heterocycles. The van der Waals surface area contributed by atoms with Crippen LogP contribution in [0.15, 0.2) is 11.6 Å². The van der Waals surface area contributed by atoms with E-state index in [0.717, 1.165) is 11.4 Å². The summed E-state index contributed by atoms with van der Waals surface area (Å²) in [5.41, 5.74) is 4.07. The van der Waals surface area contributed by atoms with Crippen LogP contribution in [0, 0.1) is 45.3 Å². The highest BCUT2D eigenvalue weighted by Crippen LogP contribution is 2.65. The van der Waals surface area contributed by atoms with E-state index >= 15 is 0 Å². The summed E-state index contributed by atoms with van der Waals surface area (Å²) >= 11 is 0. The molecule has 0 aliphatic heterocycles. The van der Waals surface area contributed by atoms with Crippen molar-refractivity contribution in [1.82, 2.24) is 0 Å². The Bertz CT molecular complexity index is 589. The van der Waals surface area contributed by atoms with Gasteiger partial charge in [0, 0.05) is 23.3 Å². The van der Waals surface area contributed by atoms with Gasteiger partial charge in [0.1, 0.15) is 0 Å². The van der Waals surface area contributed by atoms with E-state index in [4.69, 9.17) is 10.8 Å². The number of fused-ring (bicyclic) bond motifs is 5. The minimum atomic E-state index is 0.284. The standard InChI is InChI=1S/C21H32N2/c1-13(22)15-7-8-16-14-12-19(23)18-6-4-5-10-20(18,2)17(14)9-11-21(15,16)3/h12,15-18,22-23H,4-11H2,1-3H3/t15?,16?,17?,18-,20?,21?/m0/s1. The van der Waals surface area contributed by atoms with Crippen molar-refractivity contribution in [3.8, 4) is 0 Å². The Morgan fingerprint density at radius 2 is 1.70 bits per heavy atom. The van der Waals surface area contributed by atoms with Crippen LogP contribution in [-0.2, 0) is 0 Å². The Balaban J connectivity index is 1.75. The molecule has 2 nitrogen and oxygen atoms in total. The summed E-state index contributed by atoms with van der Waals surface area (Å²) in [6.45, 7) is 6.96. The summed E-state index contributed by atoms with van der Waals surface area (Å²) in [5, 5.41) is 16.9. The summed E-state index contributed by atoms with van der Waals surface area (Å²) in [5.74, 6) is 2.33. The van der Waals surface area contributed by atoms with E-state index in [-0.39, 0.29) is 5.41 Å². The van der Waals surface area contributed by atoms with Gasteiger partial charge in [-0.25, -0.2) is 0 Å². The molecular weight excluding hydrogens is 280 g/mol. The zero-order chi connectivity index (χ0) is 16.4. The predicted octanol–water partition coefficient (Wildman–Crippen LogP) is 5.62. The maximum absolute atomic E-state index is 8.69. The lowest BCUT2D eigenvalue weighted by atomic mass is 9.48. The van der Waals surface area contributed by atoms with Crippen LogP contribution in [0.25, 0.3) is 0 Å². The number of hydrogen-bond donors (Lipinski definition) is 2. The molecule has 0 aromatic carbocycles. The average Bonchev–Trinajstić information content (AvgIpc) is 2.85. The third-order valence-electron chi connectivity index (χ3n) is 8.38. The molecule has 0 bridgehead atoms. The molecule has 3 fully saturated rings. The van der Waals surface area contributed by atoms with Crippen LogP contribution in [0.4, 0.5) is 0 Å². The smallest absolute Gasteiger partial charge is 0.0350 e. The number of allylic oxidation sites excluding steroid dienone is 2. The summed E-state index contributed by atoms with van der Waals surface area (Å²) in [6, 6.07) is 0. The molecule has 2 heteroatoms. The fraction of sp³-hybridized carbons (Fsp3) is 0.810. The highest BCUT2D eigenvalue weighted by molar-refractivity contribution is 5.97. The molecule has 0 radical (unpaired) electrons. The SMILES string of the molecule is CC(=N)C1CCC2C3=CC(=N)[C@@H]4CCCCC4(C)C3CCC12C. The first-order valence-corrected chi connectivity index (χ1v) is 9.73. The topological polar surface area (TPSA) is 47.7 Å². The molecule has 0 heterocycles. The van der Waals surface area contributed by atoms with Crippen LogP contribution in [0.5, 0.6) is 0 Å². The molecule has 23 heavy (non-hydrogen) atoms. The highest BCUT2D eigenvalue weighted by Gasteiger charge is 2.58. The summed E-state index contributed by atoms with van der Waals surface area (Å²) in [6.07, 6.45) is 12.5. The molecule has 2 N–H and O–H groups in total. The molecule has 4 rings (SSSR count). The molecule has 0 saturated heterocycles. The van der Waals surface area contributed by atoms with Gasteiger partial charge in [0.25, 0.3) is 0 Å². The van der Waals surface area contributed by atoms with Crippen molar-refractivity contribution in [1.29, 1.82) is 10.8 Å². The fourth-order valence-electron chi connectivity index (χ4n) is 7.19. The summed E-state index contributed by atoms with van der Waals surface area (Å²) in [4.78, 5) is 0. The number of rotatable bonds is 1. The lowest BCUT2D eigenvalue weighted by Crippen LogP contribution is -2.50. The van der Waals surface area contributed by atoms with Gasteiger partial charge < -0.3 is 10.8 Å². The van der Waals surface area contributed by atoms with Gasteiger partial charge in [-0.05, 0) is 74.2 Å². The van der Waals surface area contributed by atoms with Gasteiger partial charge in [0.05, 0.1) is 0 Å². The lowest BCUT2D eigenvalue weighted by molar-refractivity contribution is 0.0345. The average molecular weight is 313 g/mol. The normalized spacial score (nSPS) is 49.0.